The summed E-state index contributed by atoms with van der Waals surface area (Å²) in [7, 11) is 0.999. The van der Waals surface area contributed by atoms with Crippen molar-refractivity contribution in [3.8, 4) is 0 Å². The van der Waals surface area contributed by atoms with Crippen LogP contribution in [0.4, 0.5) is 5.69 Å². The van der Waals surface area contributed by atoms with E-state index in [2.05, 4.69) is 43.3 Å². The van der Waals surface area contributed by atoms with Crippen molar-refractivity contribution in [1.29, 1.82) is 0 Å². The van der Waals surface area contributed by atoms with Crippen molar-refractivity contribution in [2.45, 2.75) is 52.0 Å². The topological polar surface area (TPSA) is 33.2 Å². The number of hydrogen-bond acceptors (Lipinski definition) is 3. The first-order valence-corrected chi connectivity index (χ1v) is 10.2. The number of aryl methyl sites for hydroxylation is 1. The molecule has 0 saturated heterocycles. The largest absolute Gasteiger partial charge is 0.369 e. The third-order valence-corrected chi connectivity index (χ3v) is 5.22. The summed E-state index contributed by atoms with van der Waals surface area (Å²) >= 11 is 0. The Bertz CT molecular complexity index is 622. The molecule has 0 fully saturated rings. The average molecular weight is 349 g/mol. The lowest BCUT2D eigenvalue weighted by atomic mass is 9.95. The Morgan fingerprint density at radius 1 is 1.50 bits per heavy atom. The van der Waals surface area contributed by atoms with E-state index in [1.807, 2.05) is 20.0 Å². The Balaban J connectivity index is 2.75. The number of likely N-dealkylation sites (N-methyl/N-ethyl adjacent to an activating group) is 1. The van der Waals surface area contributed by atoms with Crippen molar-refractivity contribution >= 4 is 16.5 Å². The number of aromatic nitrogens is 1. The molecule has 0 N–H and O–H groups in total. The number of hydrogen-bond donors (Lipinski definition) is 0. The molecule has 1 aromatic heterocycles. The molecule has 1 aromatic rings. The van der Waals surface area contributed by atoms with Crippen LogP contribution in [0.25, 0.3) is 0 Å². The van der Waals surface area contributed by atoms with Crippen LogP contribution < -0.4 is 4.90 Å². The molecule has 1 rings (SSSR count). The van der Waals surface area contributed by atoms with Gasteiger partial charge in [-0.25, -0.2) is 4.98 Å². The van der Waals surface area contributed by atoms with E-state index in [0.717, 1.165) is 23.4 Å². The van der Waals surface area contributed by atoms with Gasteiger partial charge in [-0.1, -0.05) is 44.9 Å². The number of rotatable bonds is 9. The number of pyridine rings is 1. The van der Waals surface area contributed by atoms with E-state index < -0.39 is 10.8 Å². The zero-order valence-electron chi connectivity index (χ0n) is 16.1. The minimum atomic E-state index is -1.04. The van der Waals surface area contributed by atoms with E-state index in [9.17, 15) is 4.21 Å². The summed E-state index contributed by atoms with van der Waals surface area (Å²) in [6.45, 7) is 13.7. The van der Waals surface area contributed by atoms with Crippen molar-refractivity contribution in [2.24, 2.45) is 5.92 Å². The zero-order chi connectivity index (χ0) is 18.3. The molecule has 0 bridgehead atoms. The van der Waals surface area contributed by atoms with E-state index in [-0.39, 0.29) is 0 Å². The van der Waals surface area contributed by atoms with Crippen molar-refractivity contribution < 1.29 is 4.21 Å². The van der Waals surface area contributed by atoms with Gasteiger partial charge in [0.05, 0.1) is 22.7 Å². The maximum atomic E-state index is 11.5. The van der Waals surface area contributed by atoms with Gasteiger partial charge in [0.1, 0.15) is 5.03 Å². The molecule has 3 nitrogen and oxygen atoms in total. The summed E-state index contributed by atoms with van der Waals surface area (Å²) in [6, 6.07) is 1.90. The first kappa shape index (κ1) is 20.6. The summed E-state index contributed by atoms with van der Waals surface area (Å²) in [5.41, 5.74) is 4.63. The molecule has 0 spiro atoms. The van der Waals surface area contributed by atoms with Crippen LogP contribution in [0.1, 0.15) is 45.6 Å². The highest BCUT2D eigenvalue weighted by molar-refractivity contribution is 7.84. The second-order valence-electron chi connectivity index (χ2n) is 6.71. The van der Waals surface area contributed by atoms with Crippen molar-refractivity contribution in [1.82, 2.24) is 4.98 Å². The second kappa shape index (κ2) is 9.77. The number of anilines is 1. The molecule has 0 aromatic carbocycles. The van der Waals surface area contributed by atoms with Gasteiger partial charge in [0.15, 0.2) is 0 Å². The highest BCUT2D eigenvalue weighted by atomic mass is 32.2. The minimum Gasteiger partial charge on any atom is -0.369 e. The second-order valence-corrected chi connectivity index (χ2v) is 8.04. The Hall–Kier alpha value is -1.42. The molecule has 2 atom stereocenters. The molecule has 0 saturated carbocycles. The summed E-state index contributed by atoms with van der Waals surface area (Å²) in [5.74, 6) is 0.606. The Labute approximate surface area is 150 Å². The van der Waals surface area contributed by atoms with E-state index >= 15 is 0 Å². The third-order valence-electron chi connectivity index (χ3n) is 4.40. The van der Waals surface area contributed by atoms with Crippen LogP contribution in [0.2, 0.25) is 0 Å². The maximum Gasteiger partial charge on any atom is 0.127 e. The minimum absolute atomic E-state index is 0.606. The van der Waals surface area contributed by atoms with Gasteiger partial charge >= 0.3 is 0 Å². The van der Waals surface area contributed by atoms with Crippen molar-refractivity contribution in [3.63, 3.8) is 0 Å². The smallest absolute Gasteiger partial charge is 0.127 e. The standard InChI is InChI=1S/C20H32N2OS/c1-8-9-10-16(3)17(4)11-15(2)14-22(6)19-13-21-20(24(7)23)12-18(19)5/h11-13,16H,2,8-10,14H2,1,3-7H3/b17-11+/t16?,24-/m0/s1. The highest BCUT2D eigenvalue weighted by Crippen LogP contribution is 2.22. The fourth-order valence-corrected chi connectivity index (χ4v) is 3.26. The molecule has 0 amide bonds. The highest BCUT2D eigenvalue weighted by Gasteiger charge is 2.10. The monoisotopic (exact) mass is 348 g/mol. The van der Waals surface area contributed by atoms with Gasteiger partial charge in [0.2, 0.25) is 0 Å². The fourth-order valence-electron chi connectivity index (χ4n) is 2.72. The van der Waals surface area contributed by atoms with Crippen LogP contribution in [0.3, 0.4) is 0 Å². The van der Waals surface area contributed by atoms with Gasteiger partial charge in [0.25, 0.3) is 0 Å². The van der Waals surface area contributed by atoms with Crippen LogP contribution in [0.5, 0.6) is 0 Å². The molecule has 0 aliphatic rings. The van der Waals surface area contributed by atoms with E-state index in [0.29, 0.717) is 10.9 Å². The molecule has 0 radical (unpaired) electrons. The lowest BCUT2D eigenvalue weighted by molar-refractivity contribution is 0.571. The molecule has 0 aliphatic heterocycles. The van der Waals surface area contributed by atoms with Crippen LogP contribution in [-0.2, 0) is 10.8 Å². The number of nitrogens with zero attached hydrogens (tertiary/aromatic N) is 2. The van der Waals surface area contributed by atoms with Gasteiger partial charge in [-0.2, -0.15) is 0 Å². The Kier molecular flexibility index (Phi) is 8.40. The number of allylic oxidation sites excluding steroid dienone is 1. The van der Waals surface area contributed by atoms with Gasteiger partial charge in [-0.05, 0) is 43.4 Å². The Morgan fingerprint density at radius 3 is 2.71 bits per heavy atom. The first-order chi connectivity index (χ1) is 11.3. The fraction of sp³-hybridized carbons (Fsp3) is 0.550. The van der Waals surface area contributed by atoms with E-state index in [1.54, 1.807) is 12.5 Å². The van der Waals surface area contributed by atoms with Crippen LogP contribution in [0.15, 0.2) is 41.1 Å². The predicted molar refractivity (Wildman–Crippen MR) is 106 cm³/mol. The molecular formula is C20H32N2OS. The summed E-state index contributed by atoms with van der Waals surface area (Å²) in [5, 5.41) is 0.629. The molecule has 1 heterocycles. The SMILES string of the molecule is C=C(/C=C(\C)C(C)CCCC)CN(C)c1cnc([S@](C)=O)cc1C. The third kappa shape index (κ3) is 6.23. The normalized spacial score (nSPS) is 14.3. The number of unbranched alkanes of at least 4 members (excludes halogenated alkanes) is 1. The van der Waals surface area contributed by atoms with Gasteiger partial charge < -0.3 is 4.90 Å². The van der Waals surface area contributed by atoms with Crippen LogP contribution >= 0.6 is 0 Å². The summed E-state index contributed by atoms with van der Waals surface area (Å²) < 4.78 is 11.5. The molecule has 1 unspecified atom stereocenters. The molecule has 134 valence electrons. The zero-order valence-corrected chi connectivity index (χ0v) is 16.9. The van der Waals surface area contributed by atoms with Crippen LogP contribution in [0, 0.1) is 12.8 Å². The molecular weight excluding hydrogens is 316 g/mol. The Morgan fingerprint density at radius 2 is 2.17 bits per heavy atom. The maximum absolute atomic E-state index is 11.5. The lowest BCUT2D eigenvalue weighted by Crippen LogP contribution is -2.21. The van der Waals surface area contributed by atoms with Gasteiger partial charge in [0, 0.05) is 19.8 Å². The van der Waals surface area contributed by atoms with Crippen molar-refractivity contribution in [3.05, 3.63) is 41.6 Å². The molecule has 0 aliphatic carbocycles. The van der Waals surface area contributed by atoms with Gasteiger partial charge in [-0.3, -0.25) is 4.21 Å². The van der Waals surface area contributed by atoms with E-state index in [4.69, 9.17) is 0 Å². The van der Waals surface area contributed by atoms with Crippen LogP contribution in [-0.4, -0.2) is 29.0 Å². The predicted octanol–water partition coefficient (Wildman–Crippen LogP) is 4.89. The quantitative estimate of drug-likeness (QED) is 0.596. The summed E-state index contributed by atoms with van der Waals surface area (Å²) in [6.07, 6.45) is 9.43. The van der Waals surface area contributed by atoms with Gasteiger partial charge in [-0.15, -0.1) is 0 Å². The summed E-state index contributed by atoms with van der Waals surface area (Å²) in [4.78, 5) is 6.45. The first-order valence-electron chi connectivity index (χ1n) is 8.63. The molecule has 24 heavy (non-hydrogen) atoms. The average Bonchev–Trinajstić information content (AvgIpc) is 2.51. The van der Waals surface area contributed by atoms with E-state index in [1.165, 1.54) is 24.8 Å². The van der Waals surface area contributed by atoms with Crippen molar-refractivity contribution in [2.75, 3.05) is 24.7 Å². The molecule has 4 heteroatoms. The lowest BCUT2D eigenvalue weighted by Gasteiger charge is -2.22.